The molecular formula is C13H14ClNO3. The Hall–Kier alpha value is -1.55. The van der Waals surface area contributed by atoms with Gasteiger partial charge in [-0.3, -0.25) is 14.5 Å². The average molecular weight is 268 g/mol. The maximum Gasteiger partial charge on any atom is 0.232 e. The van der Waals surface area contributed by atoms with Crippen LogP contribution in [-0.4, -0.2) is 29.9 Å². The van der Waals surface area contributed by atoms with E-state index >= 15 is 0 Å². The molecule has 0 aromatic heterocycles. The Morgan fingerprint density at radius 3 is 2.56 bits per heavy atom. The van der Waals surface area contributed by atoms with Crippen molar-refractivity contribution < 1.29 is 14.3 Å². The number of nitrogens with zero attached hydrogens (tertiary/aromatic N) is 1. The van der Waals surface area contributed by atoms with Crippen LogP contribution in [0.25, 0.3) is 0 Å². The Kier molecular flexibility index (Phi) is 3.87. The molecule has 1 aliphatic rings. The van der Waals surface area contributed by atoms with E-state index in [1.54, 1.807) is 31.2 Å². The van der Waals surface area contributed by atoms with Crippen molar-refractivity contribution in [2.75, 3.05) is 13.2 Å². The van der Waals surface area contributed by atoms with Gasteiger partial charge in [0.15, 0.2) is 0 Å². The van der Waals surface area contributed by atoms with Crippen molar-refractivity contribution in [2.45, 2.75) is 13.3 Å². The van der Waals surface area contributed by atoms with Crippen LogP contribution in [0.15, 0.2) is 24.3 Å². The summed E-state index contributed by atoms with van der Waals surface area (Å²) in [4.78, 5) is 24.4. The van der Waals surface area contributed by atoms with E-state index in [1.165, 1.54) is 4.90 Å². The standard InChI is InChI=1S/C13H14ClNO3/c1-9-8-12(16)15(13(9)17)6-7-18-11-4-2-10(14)3-5-11/h2-5,9H,6-8H2,1H3/t9-/m1/s1. The highest BCUT2D eigenvalue weighted by Gasteiger charge is 2.35. The van der Waals surface area contributed by atoms with Gasteiger partial charge in [0.25, 0.3) is 0 Å². The number of hydrogen-bond donors (Lipinski definition) is 0. The molecule has 2 amide bonds. The third-order valence-electron chi connectivity index (χ3n) is 2.87. The average Bonchev–Trinajstić information content (AvgIpc) is 2.58. The summed E-state index contributed by atoms with van der Waals surface area (Å²) in [5.74, 6) is 0.242. The van der Waals surface area contributed by atoms with Gasteiger partial charge in [-0.05, 0) is 24.3 Å². The number of imide groups is 1. The van der Waals surface area contributed by atoms with Crippen LogP contribution in [0.4, 0.5) is 0 Å². The third-order valence-corrected chi connectivity index (χ3v) is 3.12. The highest BCUT2D eigenvalue weighted by atomic mass is 35.5. The molecule has 1 aromatic carbocycles. The fraction of sp³-hybridized carbons (Fsp3) is 0.385. The van der Waals surface area contributed by atoms with Gasteiger partial charge >= 0.3 is 0 Å². The van der Waals surface area contributed by atoms with Crippen molar-refractivity contribution in [3.8, 4) is 5.75 Å². The van der Waals surface area contributed by atoms with Gasteiger partial charge in [-0.25, -0.2) is 0 Å². The summed E-state index contributed by atoms with van der Waals surface area (Å²) in [5, 5.41) is 0.640. The Labute approximate surface area is 110 Å². The van der Waals surface area contributed by atoms with E-state index in [4.69, 9.17) is 16.3 Å². The van der Waals surface area contributed by atoms with Gasteiger partial charge < -0.3 is 4.74 Å². The molecule has 0 N–H and O–H groups in total. The molecule has 96 valence electrons. The second-order valence-electron chi connectivity index (χ2n) is 4.29. The van der Waals surface area contributed by atoms with E-state index in [0.29, 0.717) is 30.3 Å². The zero-order valence-electron chi connectivity index (χ0n) is 10.1. The van der Waals surface area contributed by atoms with Gasteiger partial charge in [-0.2, -0.15) is 0 Å². The summed E-state index contributed by atoms with van der Waals surface area (Å²) in [5.41, 5.74) is 0. The van der Waals surface area contributed by atoms with Crippen LogP contribution in [0.1, 0.15) is 13.3 Å². The quantitative estimate of drug-likeness (QED) is 0.785. The van der Waals surface area contributed by atoms with Gasteiger partial charge in [-0.1, -0.05) is 18.5 Å². The second kappa shape index (κ2) is 5.40. The molecule has 1 fully saturated rings. The van der Waals surface area contributed by atoms with Crippen LogP contribution in [0, 0.1) is 5.92 Å². The van der Waals surface area contributed by atoms with E-state index < -0.39 is 0 Å². The predicted octanol–water partition coefficient (Wildman–Crippen LogP) is 2.11. The molecule has 18 heavy (non-hydrogen) atoms. The number of rotatable bonds is 4. The molecule has 0 saturated carbocycles. The highest BCUT2D eigenvalue weighted by molar-refractivity contribution is 6.30. The maximum absolute atomic E-state index is 11.6. The molecule has 5 heteroatoms. The molecule has 4 nitrogen and oxygen atoms in total. The number of hydrogen-bond acceptors (Lipinski definition) is 3. The molecule has 1 saturated heterocycles. The van der Waals surface area contributed by atoms with Crippen LogP contribution in [0.3, 0.4) is 0 Å². The lowest BCUT2D eigenvalue weighted by Crippen LogP contribution is -2.34. The molecule has 1 aliphatic heterocycles. The smallest absolute Gasteiger partial charge is 0.232 e. The molecule has 1 aromatic rings. The Morgan fingerprint density at radius 1 is 1.33 bits per heavy atom. The zero-order chi connectivity index (χ0) is 13.1. The van der Waals surface area contributed by atoms with Crippen molar-refractivity contribution >= 4 is 23.4 Å². The molecular weight excluding hydrogens is 254 g/mol. The first-order valence-corrected chi connectivity index (χ1v) is 6.18. The van der Waals surface area contributed by atoms with Crippen LogP contribution in [0.5, 0.6) is 5.75 Å². The monoisotopic (exact) mass is 267 g/mol. The summed E-state index contributed by atoms with van der Waals surface area (Å²) < 4.78 is 5.45. The summed E-state index contributed by atoms with van der Waals surface area (Å²) in [7, 11) is 0. The number of likely N-dealkylation sites (tertiary alicyclic amines) is 1. The van der Waals surface area contributed by atoms with Crippen molar-refractivity contribution in [1.29, 1.82) is 0 Å². The number of ether oxygens (including phenoxy) is 1. The van der Waals surface area contributed by atoms with Crippen LogP contribution in [-0.2, 0) is 9.59 Å². The molecule has 0 aliphatic carbocycles. The lowest BCUT2D eigenvalue weighted by molar-refractivity contribution is -0.139. The largest absolute Gasteiger partial charge is 0.492 e. The normalized spacial score (nSPS) is 19.4. The zero-order valence-corrected chi connectivity index (χ0v) is 10.8. The van der Waals surface area contributed by atoms with E-state index in [2.05, 4.69) is 0 Å². The lowest BCUT2D eigenvalue weighted by Gasteiger charge is -2.14. The first-order chi connectivity index (χ1) is 8.58. The summed E-state index contributed by atoms with van der Waals surface area (Å²) in [6.07, 6.45) is 0.305. The topological polar surface area (TPSA) is 46.6 Å². The molecule has 0 radical (unpaired) electrons. The molecule has 2 rings (SSSR count). The molecule has 0 spiro atoms. The highest BCUT2D eigenvalue weighted by Crippen LogP contribution is 2.19. The molecule has 1 atom stereocenters. The number of benzene rings is 1. The van der Waals surface area contributed by atoms with E-state index in [-0.39, 0.29) is 17.7 Å². The van der Waals surface area contributed by atoms with Gasteiger partial charge in [0.2, 0.25) is 11.8 Å². The number of carbonyl (C=O) groups excluding carboxylic acids is 2. The van der Waals surface area contributed by atoms with Gasteiger partial charge in [0.1, 0.15) is 12.4 Å². The summed E-state index contributed by atoms with van der Waals surface area (Å²) >= 11 is 5.75. The van der Waals surface area contributed by atoms with E-state index in [9.17, 15) is 9.59 Å². The fourth-order valence-electron chi connectivity index (χ4n) is 1.87. The van der Waals surface area contributed by atoms with E-state index in [1.807, 2.05) is 0 Å². The van der Waals surface area contributed by atoms with Crippen LogP contribution >= 0.6 is 11.6 Å². The van der Waals surface area contributed by atoms with Crippen molar-refractivity contribution in [3.05, 3.63) is 29.3 Å². The minimum absolute atomic E-state index is 0.111. The maximum atomic E-state index is 11.6. The second-order valence-corrected chi connectivity index (χ2v) is 4.73. The van der Waals surface area contributed by atoms with Crippen LogP contribution < -0.4 is 4.74 Å². The Balaban J connectivity index is 1.84. The minimum atomic E-state index is -0.201. The number of halogens is 1. The predicted molar refractivity (Wildman–Crippen MR) is 67.4 cm³/mol. The van der Waals surface area contributed by atoms with Crippen molar-refractivity contribution in [1.82, 2.24) is 4.90 Å². The lowest BCUT2D eigenvalue weighted by atomic mass is 10.1. The van der Waals surface area contributed by atoms with Gasteiger partial charge in [-0.15, -0.1) is 0 Å². The third kappa shape index (κ3) is 2.82. The first kappa shape index (κ1) is 12.9. The number of amides is 2. The summed E-state index contributed by atoms with van der Waals surface area (Å²) in [6, 6.07) is 6.95. The molecule has 1 heterocycles. The van der Waals surface area contributed by atoms with Crippen molar-refractivity contribution in [2.24, 2.45) is 5.92 Å². The minimum Gasteiger partial charge on any atom is -0.492 e. The van der Waals surface area contributed by atoms with Crippen molar-refractivity contribution in [3.63, 3.8) is 0 Å². The Morgan fingerprint density at radius 2 is 2.00 bits per heavy atom. The van der Waals surface area contributed by atoms with E-state index in [0.717, 1.165) is 0 Å². The fourth-order valence-corrected chi connectivity index (χ4v) is 1.99. The molecule has 0 unspecified atom stereocenters. The van der Waals surface area contributed by atoms with Crippen LogP contribution in [0.2, 0.25) is 5.02 Å². The first-order valence-electron chi connectivity index (χ1n) is 5.80. The molecule has 0 bridgehead atoms. The van der Waals surface area contributed by atoms with Gasteiger partial charge in [0, 0.05) is 17.4 Å². The Bertz CT molecular complexity index is 458. The number of carbonyl (C=O) groups is 2. The SMILES string of the molecule is C[C@@H]1CC(=O)N(CCOc2ccc(Cl)cc2)C1=O. The van der Waals surface area contributed by atoms with Gasteiger partial charge in [0.05, 0.1) is 6.54 Å². The summed E-state index contributed by atoms with van der Waals surface area (Å²) in [6.45, 7) is 2.36.